The summed E-state index contributed by atoms with van der Waals surface area (Å²) in [5, 5.41) is 2.87. The largest absolute Gasteiger partial charge is 0.352 e. The molecular formula is C16H26N2O3S. The fraction of sp³-hybridized carbons (Fsp3) is 0.562. The monoisotopic (exact) mass is 326 g/mol. The average molecular weight is 326 g/mol. The van der Waals surface area contributed by atoms with Crippen LogP contribution in [0.15, 0.2) is 24.3 Å². The number of hydrogen-bond acceptors (Lipinski definition) is 3. The third-order valence-corrected chi connectivity index (χ3v) is 4.73. The summed E-state index contributed by atoms with van der Waals surface area (Å²) in [5.41, 5.74) is 1.53. The van der Waals surface area contributed by atoms with Crippen LogP contribution in [0.1, 0.15) is 39.2 Å². The highest BCUT2D eigenvalue weighted by Crippen LogP contribution is 2.21. The molecule has 0 aliphatic carbocycles. The van der Waals surface area contributed by atoms with Crippen LogP contribution in [-0.4, -0.2) is 32.7 Å². The maximum absolute atomic E-state index is 12.3. The maximum atomic E-state index is 12.3. The molecule has 1 amide bonds. The van der Waals surface area contributed by atoms with Crippen molar-refractivity contribution < 1.29 is 13.2 Å². The highest BCUT2D eigenvalue weighted by Gasteiger charge is 2.29. The lowest BCUT2D eigenvalue weighted by Crippen LogP contribution is -2.49. The van der Waals surface area contributed by atoms with Gasteiger partial charge in [0.1, 0.15) is 6.04 Å². The number of sulfonamides is 1. The molecule has 0 aliphatic rings. The molecule has 1 aromatic rings. The number of carbonyl (C=O) groups is 1. The molecule has 124 valence electrons. The van der Waals surface area contributed by atoms with Crippen LogP contribution in [0.4, 0.5) is 5.69 Å². The minimum absolute atomic E-state index is 0.0272. The summed E-state index contributed by atoms with van der Waals surface area (Å²) in [6, 6.07) is 6.33. The fourth-order valence-corrected chi connectivity index (χ4v) is 3.54. The van der Waals surface area contributed by atoms with Gasteiger partial charge in [-0.05, 0) is 39.3 Å². The van der Waals surface area contributed by atoms with Crippen LogP contribution in [0.2, 0.25) is 0 Å². The maximum Gasteiger partial charge on any atom is 0.243 e. The number of benzene rings is 1. The van der Waals surface area contributed by atoms with Crippen LogP contribution in [-0.2, 0) is 14.8 Å². The van der Waals surface area contributed by atoms with Crippen LogP contribution in [0.25, 0.3) is 0 Å². The molecule has 0 saturated heterocycles. The van der Waals surface area contributed by atoms with Gasteiger partial charge < -0.3 is 5.32 Å². The van der Waals surface area contributed by atoms with Gasteiger partial charge in [0.2, 0.25) is 15.9 Å². The molecule has 0 bridgehead atoms. The fourth-order valence-electron chi connectivity index (χ4n) is 2.37. The first-order valence-corrected chi connectivity index (χ1v) is 9.38. The molecule has 0 radical (unpaired) electrons. The Morgan fingerprint density at radius 1 is 1.23 bits per heavy atom. The molecule has 1 rings (SSSR count). The van der Waals surface area contributed by atoms with Crippen LogP contribution in [0, 0.1) is 6.92 Å². The van der Waals surface area contributed by atoms with E-state index in [-0.39, 0.29) is 11.9 Å². The Morgan fingerprint density at radius 2 is 1.77 bits per heavy atom. The Hall–Kier alpha value is -1.56. The molecule has 0 unspecified atom stereocenters. The van der Waals surface area contributed by atoms with Crippen LogP contribution in [0.5, 0.6) is 0 Å². The minimum Gasteiger partial charge on any atom is -0.352 e. The van der Waals surface area contributed by atoms with Gasteiger partial charge in [-0.1, -0.05) is 31.0 Å². The average Bonchev–Trinajstić information content (AvgIpc) is 2.39. The van der Waals surface area contributed by atoms with E-state index in [4.69, 9.17) is 0 Å². The van der Waals surface area contributed by atoms with Gasteiger partial charge in [0.15, 0.2) is 0 Å². The van der Waals surface area contributed by atoms with Crippen molar-refractivity contribution in [3.8, 4) is 0 Å². The normalized spacial score (nSPS) is 14.2. The van der Waals surface area contributed by atoms with Crippen LogP contribution in [0.3, 0.4) is 0 Å². The summed E-state index contributed by atoms with van der Waals surface area (Å²) in [6.45, 7) is 7.50. The van der Waals surface area contributed by atoms with Crippen molar-refractivity contribution >= 4 is 21.6 Å². The van der Waals surface area contributed by atoms with E-state index in [0.717, 1.165) is 24.7 Å². The summed E-state index contributed by atoms with van der Waals surface area (Å²) in [7, 11) is -3.55. The van der Waals surface area contributed by atoms with Gasteiger partial charge in [0.25, 0.3) is 0 Å². The van der Waals surface area contributed by atoms with Gasteiger partial charge >= 0.3 is 0 Å². The van der Waals surface area contributed by atoms with E-state index < -0.39 is 16.1 Å². The highest BCUT2D eigenvalue weighted by atomic mass is 32.2. The van der Waals surface area contributed by atoms with Crippen molar-refractivity contribution in [3.63, 3.8) is 0 Å². The summed E-state index contributed by atoms with van der Waals surface area (Å²) < 4.78 is 25.4. The Balaban J connectivity index is 3.02. The number of nitrogens with one attached hydrogen (secondary N) is 1. The van der Waals surface area contributed by atoms with Crippen molar-refractivity contribution in [2.24, 2.45) is 0 Å². The lowest BCUT2D eigenvalue weighted by Gasteiger charge is -2.29. The number of carbonyl (C=O) groups excluding carboxylic acids is 1. The lowest BCUT2D eigenvalue weighted by molar-refractivity contribution is -0.122. The molecule has 5 nitrogen and oxygen atoms in total. The molecule has 2 atom stereocenters. The Bertz CT molecular complexity index is 596. The van der Waals surface area contributed by atoms with E-state index >= 15 is 0 Å². The van der Waals surface area contributed by atoms with Gasteiger partial charge in [-0.15, -0.1) is 0 Å². The lowest BCUT2D eigenvalue weighted by atomic mass is 10.1. The van der Waals surface area contributed by atoms with Gasteiger partial charge in [-0.3, -0.25) is 9.10 Å². The summed E-state index contributed by atoms with van der Waals surface area (Å²) >= 11 is 0. The predicted octanol–water partition coefficient (Wildman–Crippen LogP) is 2.45. The second-order valence-electron chi connectivity index (χ2n) is 5.77. The highest BCUT2D eigenvalue weighted by molar-refractivity contribution is 7.92. The van der Waals surface area contributed by atoms with Crippen molar-refractivity contribution in [3.05, 3.63) is 29.8 Å². The van der Waals surface area contributed by atoms with E-state index in [9.17, 15) is 13.2 Å². The summed E-state index contributed by atoms with van der Waals surface area (Å²) in [5.74, 6) is -0.285. The second-order valence-corrected chi connectivity index (χ2v) is 7.63. The van der Waals surface area contributed by atoms with Crippen molar-refractivity contribution in [1.82, 2.24) is 5.32 Å². The Labute approximate surface area is 133 Å². The Kier molecular flexibility index (Phi) is 6.41. The van der Waals surface area contributed by atoms with Crippen LogP contribution < -0.4 is 9.62 Å². The quantitative estimate of drug-likeness (QED) is 0.837. The molecule has 0 aromatic heterocycles. The first kappa shape index (κ1) is 18.5. The molecule has 0 spiro atoms. The third kappa shape index (κ3) is 5.02. The zero-order valence-corrected chi connectivity index (χ0v) is 14.8. The molecule has 6 heteroatoms. The van der Waals surface area contributed by atoms with E-state index in [1.165, 1.54) is 4.31 Å². The molecule has 0 fully saturated rings. The molecule has 1 N–H and O–H groups in total. The summed E-state index contributed by atoms with van der Waals surface area (Å²) in [4.78, 5) is 12.3. The van der Waals surface area contributed by atoms with Gasteiger partial charge in [-0.25, -0.2) is 8.42 Å². The molecule has 0 heterocycles. The first-order valence-electron chi connectivity index (χ1n) is 7.53. The Morgan fingerprint density at radius 3 is 2.23 bits per heavy atom. The second kappa shape index (κ2) is 7.63. The number of aryl methyl sites for hydroxylation is 1. The minimum atomic E-state index is -3.55. The van der Waals surface area contributed by atoms with Crippen molar-refractivity contribution in [2.75, 3.05) is 10.6 Å². The first-order chi connectivity index (χ1) is 10.2. The van der Waals surface area contributed by atoms with Gasteiger partial charge in [0, 0.05) is 6.04 Å². The molecule has 22 heavy (non-hydrogen) atoms. The SMILES string of the molecule is CCC[C@@H](C)NC(=O)[C@H](C)N(c1ccc(C)cc1)S(C)(=O)=O. The van der Waals surface area contributed by atoms with Gasteiger partial charge in [-0.2, -0.15) is 0 Å². The molecule has 0 saturated carbocycles. The number of anilines is 1. The van der Waals surface area contributed by atoms with E-state index in [1.54, 1.807) is 19.1 Å². The van der Waals surface area contributed by atoms with Crippen LogP contribution >= 0.6 is 0 Å². The number of nitrogens with zero attached hydrogens (tertiary/aromatic N) is 1. The zero-order chi connectivity index (χ0) is 16.9. The van der Waals surface area contributed by atoms with E-state index in [0.29, 0.717) is 5.69 Å². The smallest absolute Gasteiger partial charge is 0.243 e. The number of amides is 1. The third-order valence-electron chi connectivity index (χ3n) is 3.49. The van der Waals surface area contributed by atoms with E-state index in [1.807, 2.05) is 32.9 Å². The molecule has 0 aliphatic heterocycles. The van der Waals surface area contributed by atoms with Crippen molar-refractivity contribution in [1.29, 1.82) is 0 Å². The van der Waals surface area contributed by atoms with Crippen molar-refractivity contribution in [2.45, 2.75) is 52.6 Å². The number of hydrogen-bond donors (Lipinski definition) is 1. The zero-order valence-electron chi connectivity index (χ0n) is 14.0. The number of rotatable bonds is 7. The van der Waals surface area contributed by atoms with Gasteiger partial charge in [0.05, 0.1) is 11.9 Å². The topological polar surface area (TPSA) is 66.5 Å². The predicted molar refractivity (Wildman–Crippen MR) is 90.5 cm³/mol. The standard InChI is InChI=1S/C16H26N2O3S/c1-6-7-13(3)17-16(19)14(4)18(22(5,20)21)15-10-8-12(2)9-11-15/h8-11,13-14H,6-7H2,1-5H3,(H,17,19)/t13-,14+/m1/s1. The molecular weight excluding hydrogens is 300 g/mol. The van der Waals surface area contributed by atoms with E-state index in [2.05, 4.69) is 5.32 Å². The summed E-state index contributed by atoms with van der Waals surface area (Å²) in [6.07, 6.45) is 2.94. The molecule has 1 aromatic carbocycles.